The van der Waals surface area contributed by atoms with Crippen LogP contribution in [0.3, 0.4) is 0 Å². The minimum atomic E-state index is -1.90. The summed E-state index contributed by atoms with van der Waals surface area (Å²) in [5.74, 6) is 0. The quantitative estimate of drug-likeness (QED) is 0.594. The molecule has 1 N–H and O–H groups in total. The monoisotopic (exact) mass is 344 g/mol. The Balaban J connectivity index is 3.27. The van der Waals surface area contributed by atoms with Crippen LogP contribution in [0.2, 0.25) is 0 Å². The average Bonchev–Trinajstić information content (AvgIpc) is 2.70. The van der Waals surface area contributed by atoms with Gasteiger partial charge in [-0.1, -0.05) is 0 Å². The number of allylic oxidation sites excluding steroid dienone is 4. The average molecular weight is 344 g/mol. The van der Waals surface area contributed by atoms with Crippen molar-refractivity contribution in [3.63, 3.8) is 0 Å². The van der Waals surface area contributed by atoms with Crippen LogP contribution >= 0.6 is 16.1 Å². The summed E-state index contributed by atoms with van der Waals surface area (Å²) in [7, 11) is -2.09. The van der Waals surface area contributed by atoms with E-state index in [-0.39, 0.29) is 13.1 Å². The molecule has 0 amide bonds. The fourth-order valence-electron chi connectivity index (χ4n) is 4.01. The molecule has 1 aliphatic rings. The normalized spacial score (nSPS) is 19.2. The summed E-state index contributed by atoms with van der Waals surface area (Å²) in [6.07, 6.45) is 5.54. The first-order chi connectivity index (χ1) is 9.67. The number of hydrogen-bond donors (Lipinski definition) is 1. The Hall–Kier alpha value is 0.300. The molecule has 1 aliphatic carbocycles. The van der Waals surface area contributed by atoms with Gasteiger partial charge in [0.25, 0.3) is 0 Å². The van der Waals surface area contributed by atoms with E-state index in [9.17, 15) is 4.89 Å². The van der Waals surface area contributed by atoms with Crippen molar-refractivity contribution < 1.29 is 4.89 Å². The number of rotatable bonds is 3. The SMILES string of the molecule is C[C@H](C1=C([PH2](O)C(C)(C)C)C=CC1)P(C(C)(C)C)C(C)(C)C. The van der Waals surface area contributed by atoms with Crippen molar-refractivity contribution in [1.82, 2.24) is 0 Å². The summed E-state index contributed by atoms with van der Waals surface area (Å²) in [6.45, 7) is 23.3. The molecule has 0 aromatic carbocycles. The Bertz CT molecular complexity index is 441. The van der Waals surface area contributed by atoms with Crippen molar-refractivity contribution >= 4 is 16.1 Å². The molecule has 0 bridgehead atoms. The molecular formula is C19H38OP2. The predicted molar refractivity (Wildman–Crippen MR) is 108 cm³/mol. The van der Waals surface area contributed by atoms with Crippen molar-refractivity contribution in [2.24, 2.45) is 0 Å². The van der Waals surface area contributed by atoms with Gasteiger partial charge in [0.15, 0.2) is 0 Å². The third-order valence-corrected chi connectivity index (χ3v) is 11.2. The van der Waals surface area contributed by atoms with E-state index < -0.39 is 8.15 Å². The fourth-order valence-corrected chi connectivity index (χ4v) is 11.0. The topological polar surface area (TPSA) is 20.2 Å². The van der Waals surface area contributed by atoms with Crippen molar-refractivity contribution in [2.45, 2.75) is 96.8 Å². The maximum atomic E-state index is 10.9. The van der Waals surface area contributed by atoms with E-state index in [1.54, 1.807) is 0 Å². The van der Waals surface area contributed by atoms with Gasteiger partial charge >= 0.3 is 141 Å². The van der Waals surface area contributed by atoms with Crippen LogP contribution in [0.1, 0.15) is 75.7 Å². The van der Waals surface area contributed by atoms with E-state index in [1.165, 1.54) is 10.9 Å². The summed E-state index contributed by atoms with van der Waals surface area (Å²) < 4.78 is 0. The van der Waals surface area contributed by atoms with Crippen molar-refractivity contribution in [3.05, 3.63) is 23.0 Å². The van der Waals surface area contributed by atoms with Crippen molar-refractivity contribution in [2.75, 3.05) is 0 Å². The molecule has 0 saturated carbocycles. The second-order valence-electron chi connectivity index (χ2n) is 9.74. The van der Waals surface area contributed by atoms with Crippen LogP contribution in [-0.4, -0.2) is 26.0 Å². The molecule has 0 unspecified atom stereocenters. The van der Waals surface area contributed by atoms with E-state index in [4.69, 9.17) is 0 Å². The van der Waals surface area contributed by atoms with Gasteiger partial charge in [0, 0.05) is 0 Å². The van der Waals surface area contributed by atoms with Gasteiger partial charge in [0.2, 0.25) is 0 Å². The molecule has 0 saturated heterocycles. The first-order valence-electron chi connectivity index (χ1n) is 8.54. The summed E-state index contributed by atoms with van der Waals surface area (Å²) in [4.78, 5) is 10.9. The minimum absolute atomic E-state index is 0.0290. The van der Waals surface area contributed by atoms with E-state index in [0.29, 0.717) is 16.0 Å². The standard InChI is InChI=1S/C19H38OP2/c1-14(21(17(2,3)4)18(5,6)7)15-12-11-13-16(15)22(20)19(8,9)10/h11,13-14,20H,12,22H2,1-10H3/t14-/m1/s1. The van der Waals surface area contributed by atoms with Gasteiger partial charge in [-0.25, -0.2) is 0 Å². The van der Waals surface area contributed by atoms with Gasteiger partial charge in [-0.2, -0.15) is 0 Å². The Morgan fingerprint density at radius 1 is 1.00 bits per heavy atom. The fraction of sp³-hybridized carbons (Fsp3) is 0.789. The van der Waals surface area contributed by atoms with Crippen molar-refractivity contribution in [1.29, 1.82) is 0 Å². The summed E-state index contributed by atoms with van der Waals surface area (Å²) in [5.41, 5.74) is 2.11. The summed E-state index contributed by atoms with van der Waals surface area (Å²) in [6, 6.07) is 0. The van der Waals surface area contributed by atoms with Crippen LogP contribution in [0, 0.1) is 0 Å². The molecule has 1 rings (SSSR count). The Morgan fingerprint density at radius 3 is 1.82 bits per heavy atom. The van der Waals surface area contributed by atoms with Crippen LogP contribution in [-0.2, 0) is 0 Å². The molecule has 0 aliphatic heterocycles. The second kappa shape index (κ2) is 6.66. The molecule has 0 aromatic heterocycles. The molecule has 0 fully saturated rings. The van der Waals surface area contributed by atoms with Crippen LogP contribution in [0.25, 0.3) is 0 Å². The molecule has 0 aromatic rings. The predicted octanol–water partition coefficient (Wildman–Crippen LogP) is 6.32. The maximum absolute atomic E-state index is 10.9. The van der Waals surface area contributed by atoms with E-state index in [2.05, 4.69) is 81.4 Å². The van der Waals surface area contributed by atoms with Crippen LogP contribution in [0.5, 0.6) is 0 Å². The second-order valence-corrected chi connectivity index (χ2v) is 17.1. The van der Waals surface area contributed by atoms with E-state index in [0.717, 1.165) is 6.42 Å². The Labute approximate surface area is 141 Å². The molecule has 0 spiro atoms. The first kappa shape index (κ1) is 20.3. The van der Waals surface area contributed by atoms with E-state index >= 15 is 0 Å². The van der Waals surface area contributed by atoms with E-state index in [1.807, 2.05) is 0 Å². The molecule has 0 radical (unpaired) electrons. The van der Waals surface area contributed by atoms with Crippen molar-refractivity contribution in [3.8, 4) is 0 Å². The van der Waals surface area contributed by atoms with Crippen LogP contribution in [0.15, 0.2) is 23.0 Å². The van der Waals surface area contributed by atoms with Gasteiger partial charge in [-0.15, -0.1) is 0 Å². The molecular weight excluding hydrogens is 306 g/mol. The summed E-state index contributed by atoms with van der Waals surface area (Å²) in [5, 5.41) is 1.99. The van der Waals surface area contributed by atoms with Gasteiger partial charge in [0.05, 0.1) is 0 Å². The molecule has 1 atom stereocenters. The zero-order valence-corrected chi connectivity index (χ0v) is 18.5. The molecule has 1 nitrogen and oxygen atoms in total. The molecule has 22 heavy (non-hydrogen) atoms. The first-order valence-corrected chi connectivity index (χ1v) is 11.6. The molecule has 130 valence electrons. The van der Waals surface area contributed by atoms with Gasteiger partial charge in [0.1, 0.15) is 0 Å². The molecule has 3 heteroatoms. The van der Waals surface area contributed by atoms with Gasteiger partial charge < -0.3 is 0 Å². The molecule has 0 heterocycles. The third-order valence-electron chi connectivity index (χ3n) is 4.46. The van der Waals surface area contributed by atoms with Crippen LogP contribution < -0.4 is 0 Å². The van der Waals surface area contributed by atoms with Crippen LogP contribution in [0.4, 0.5) is 0 Å². The van der Waals surface area contributed by atoms with Gasteiger partial charge in [-0.05, 0) is 0 Å². The third kappa shape index (κ3) is 4.66. The zero-order chi connectivity index (χ0) is 17.5. The van der Waals surface area contributed by atoms with Gasteiger partial charge in [-0.3, -0.25) is 0 Å². The summed E-state index contributed by atoms with van der Waals surface area (Å²) >= 11 is 0. The zero-order valence-electron chi connectivity index (χ0n) is 16.4. The number of hydrogen-bond acceptors (Lipinski definition) is 1. The Kier molecular flexibility index (Phi) is 6.16. The Morgan fingerprint density at radius 2 is 1.45 bits per heavy atom.